The molecule has 0 radical (unpaired) electrons. The lowest BCUT2D eigenvalue weighted by molar-refractivity contribution is -0.133. The van der Waals surface area contributed by atoms with Crippen LogP contribution in [0.3, 0.4) is 0 Å². The number of carboxylic acids is 1. The third-order valence-corrected chi connectivity index (χ3v) is 4.67. The van der Waals surface area contributed by atoms with E-state index in [0.29, 0.717) is 36.3 Å². The van der Waals surface area contributed by atoms with Crippen LogP contribution < -0.4 is 0 Å². The maximum atomic E-state index is 13.8. The van der Waals surface area contributed by atoms with Crippen LogP contribution in [0.4, 0.5) is 8.78 Å². The Balaban J connectivity index is 3.16. The first kappa shape index (κ1) is 19.7. The molecule has 1 aliphatic rings. The van der Waals surface area contributed by atoms with Gasteiger partial charge in [0, 0.05) is 12.0 Å². The predicted molar refractivity (Wildman–Crippen MR) is 88.3 cm³/mol. The summed E-state index contributed by atoms with van der Waals surface area (Å²) < 4.78 is 27.5. The molecule has 0 saturated heterocycles. The Labute approximate surface area is 138 Å². The average molecular weight is 326 g/mol. The topological polar surface area (TPSA) is 37.3 Å². The number of carboxylic acid groups (broad SMARTS) is 1. The Hall–Kier alpha value is -1.37. The highest BCUT2D eigenvalue weighted by molar-refractivity contribution is 5.88. The molecule has 1 rings (SSSR count). The van der Waals surface area contributed by atoms with Crippen molar-refractivity contribution in [2.75, 3.05) is 0 Å². The molecule has 0 aromatic rings. The van der Waals surface area contributed by atoms with Gasteiger partial charge in [-0.1, -0.05) is 39.7 Å². The van der Waals surface area contributed by atoms with Gasteiger partial charge >= 0.3 is 11.9 Å². The molecule has 0 fully saturated rings. The monoisotopic (exact) mass is 326 g/mol. The molecule has 1 aliphatic carbocycles. The quantitative estimate of drug-likeness (QED) is 0.646. The number of halogens is 2. The van der Waals surface area contributed by atoms with Crippen LogP contribution in [0, 0.1) is 29.6 Å². The zero-order chi connectivity index (χ0) is 17.8. The van der Waals surface area contributed by atoms with E-state index in [4.69, 9.17) is 6.42 Å². The van der Waals surface area contributed by atoms with E-state index < -0.39 is 24.2 Å². The number of allylic oxidation sites excluding steroid dienone is 1. The van der Waals surface area contributed by atoms with Gasteiger partial charge in [-0.25, -0.2) is 4.79 Å². The molecule has 0 bridgehead atoms. The molecular weight excluding hydrogens is 298 g/mol. The van der Waals surface area contributed by atoms with Crippen LogP contribution in [-0.4, -0.2) is 17.0 Å². The van der Waals surface area contributed by atoms with Crippen LogP contribution in [0.1, 0.15) is 66.2 Å². The average Bonchev–Trinajstić information content (AvgIpc) is 2.42. The van der Waals surface area contributed by atoms with Crippen molar-refractivity contribution in [3.63, 3.8) is 0 Å². The van der Waals surface area contributed by atoms with Gasteiger partial charge in [-0.15, -0.1) is 6.42 Å². The summed E-state index contributed by atoms with van der Waals surface area (Å²) in [5.74, 6) is -2.69. The second kappa shape index (κ2) is 7.47. The molecule has 130 valence electrons. The predicted octanol–water partition coefficient (Wildman–Crippen LogP) is 5.29. The normalized spacial score (nSPS) is 19.6. The summed E-state index contributed by atoms with van der Waals surface area (Å²) >= 11 is 0. The molecule has 0 amide bonds. The highest BCUT2D eigenvalue weighted by atomic mass is 19.3. The summed E-state index contributed by atoms with van der Waals surface area (Å²) in [5, 5.41) is 9.54. The van der Waals surface area contributed by atoms with Crippen LogP contribution in [0.15, 0.2) is 11.1 Å². The lowest BCUT2D eigenvalue weighted by atomic mass is 9.70. The van der Waals surface area contributed by atoms with Crippen LogP contribution in [0.2, 0.25) is 0 Å². The smallest absolute Gasteiger partial charge is 0.331 e. The Morgan fingerprint density at radius 1 is 1.39 bits per heavy atom. The molecule has 23 heavy (non-hydrogen) atoms. The van der Waals surface area contributed by atoms with E-state index in [9.17, 15) is 18.7 Å². The minimum Gasteiger partial charge on any atom is -0.478 e. The Morgan fingerprint density at radius 2 is 2.00 bits per heavy atom. The summed E-state index contributed by atoms with van der Waals surface area (Å²) in [5.41, 5.74) is 0.907. The Bertz CT molecular complexity index is 510. The van der Waals surface area contributed by atoms with E-state index in [1.807, 2.05) is 27.7 Å². The molecule has 1 N–H and O–H groups in total. The van der Waals surface area contributed by atoms with Gasteiger partial charge in [0.1, 0.15) is 0 Å². The molecule has 0 aromatic heterocycles. The van der Waals surface area contributed by atoms with Crippen molar-refractivity contribution in [1.82, 2.24) is 0 Å². The van der Waals surface area contributed by atoms with Gasteiger partial charge in [-0.2, -0.15) is 8.78 Å². The lowest BCUT2D eigenvalue weighted by Gasteiger charge is -2.35. The first-order valence-corrected chi connectivity index (χ1v) is 8.28. The van der Waals surface area contributed by atoms with Crippen LogP contribution in [0.25, 0.3) is 0 Å². The van der Waals surface area contributed by atoms with Gasteiger partial charge in [-0.05, 0) is 48.9 Å². The van der Waals surface area contributed by atoms with Crippen molar-refractivity contribution in [1.29, 1.82) is 0 Å². The molecule has 0 aromatic carbocycles. The first-order chi connectivity index (χ1) is 10.5. The standard InChI is InChI=1S/C19H28F2O2/c1-6-19(20,21)11-14(8-7-13(2)3)15-9-10-18(4,5)12-16(15)17(22)23/h1,13-14H,7-12H2,2-5H3,(H,22,23). The SMILES string of the molecule is C#CC(F)(F)CC(CCC(C)C)C1=C(C(=O)O)CC(C)(C)CC1. The summed E-state index contributed by atoms with van der Waals surface area (Å²) in [4.78, 5) is 11.6. The van der Waals surface area contributed by atoms with Crippen molar-refractivity contribution in [2.45, 2.75) is 72.1 Å². The molecule has 0 spiro atoms. The fourth-order valence-electron chi connectivity index (χ4n) is 3.27. The molecule has 0 heterocycles. The van der Waals surface area contributed by atoms with Crippen LogP contribution in [-0.2, 0) is 4.79 Å². The second-order valence-electron chi connectivity index (χ2n) is 7.87. The largest absolute Gasteiger partial charge is 0.478 e. The number of hydrogen-bond donors (Lipinski definition) is 1. The van der Waals surface area contributed by atoms with Gasteiger partial charge in [0.05, 0.1) is 0 Å². The van der Waals surface area contributed by atoms with Gasteiger partial charge in [0.15, 0.2) is 0 Å². The van der Waals surface area contributed by atoms with Gasteiger partial charge in [0.2, 0.25) is 0 Å². The first-order valence-electron chi connectivity index (χ1n) is 8.28. The molecule has 1 unspecified atom stereocenters. The number of carbonyl (C=O) groups is 1. The number of terminal acetylenes is 1. The van der Waals surface area contributed by atoms with E-state index in [-0.39, 0.29) is 5.41 Å². The van der Waals surface area contributed by atoms with Crippen molar-refractivity contribution >= 4 is 5.97 Å². The molecule has 2 nitrogen and oxygen atoms in total. The van der Waals surface area contributed by atoms with Crippen molar-refractivity contribution in [3.8, 4) is 12.3 Å². The molecule has 1 atom stereocenters. The van der Waals surface area contributed by atoms with Gasteiger partial charge in [0.25, 0.3) is 0 Å². The summed E-state index contributed by atoms with van der Waals surface area (Å²) in [6.07, 6.45) is 7.64. The van der Waals surface area contributed by atoms with Crippen LogP contribution >= 0.6 is 0 Å². The summed E-state index contributed by atoms with van der Waals surface area (Å²) in [7, 11) is 0. The van der Waals surface area contributed by atoms with Gasteiger partial charge in [-0.3, -0.25) is 0 Å². The third kappa shape index (κ3) is 5.97. The van der Waals surface area contributed by atoms with E-state index in [0.717, 1.165) is 12.8 Å². The molecule has 0 aliphatic heterocycles. The highest BCUT2D eigenvalue weighted by Gasteiger charge is 2.37. The summed E-state index contributed by atoms with van der Waals surface area (Å²) in [6.45, 7) is 8.11. The fraction of sp³-hybridized carbons (Fsp3) is 0.737. The van der Waals surface area contributed by atoms with Gasteiger partial charge < -0.3 is 5.11 Å². The van der Waals surface area contributed by atoms with Crippen molar-refractivity contribution in [3.05, 3.63) is 11.1 Å². The third-order valence-electron chi connectivity index (χ3n) is 4.67. The minimum absolute atomic E-state index is 0.103. The number of hydrogen-bond acceptors (Lipinski definition) is 1. The highest BCUT2D eigenvalue weighted by Crippen LogP contribution is 2.44. The van der Waals surface area contributed by atoms with E-state index in [1.54, 1.807) is 5.92 Å². The molecule has 0 saturated carbocycles. The zero-order valence-electron chi connectivity index (χ0n) is 14.6. The zero-order valence-corrected chi connectivity index (χ0v) is 14.6. The van der Waals surface area contributed by atoms with Crippen LogP contribution in [0.5, 0.6) is 0 Å². The number of aliphatic carboxylic acids is 1. The fourth-order valence-corrected chi connectivity index (χ4v) is 3.27. The second-order valence-corrected chi connectivity index (χ2v) is 7.87. The van der Waals surface area contributed by atoms with E-state index >= 15 is 0 Å². The number of alkyl halides is 2. The van der Waals surface area contributed by atoms with E-state index in [2.05, 4.69) is 0 Å². The minimum atomic E-state index is -3.19. The van der Waals surface area contributed by atoms with Crippen molar-refractivity contribution in [2.24, 2.45) is 17.3 Å². The number of rotatable bonds is 7. The van der Waals surface area contributed by atoms with E-state index in [1.165, 1.54) is 0 Å². The maximum Gasteiger partial charge on any atom is 0.331 e. The maximum absolute atomic E-state index is 13.8. The Kier molecular flexibility index (Phi) is 6.39. The molecule has 4 heteroatoms. The van der Waals surface area contributed by atoms with Crippen molar-refractivity contribution < 1.29 is 18.7 Å². The Morgan fingerprint density at radius 3 is 2.48 bits per heavy atom. The summed E-state index contributed by atoms with van der Waals surface area (Å²) in [6, 6.07) is 0. The lowest BCUT2D eigenvalue weighted by Crippen LogP contribution is -2.28. The molecular formula is C19H28F2O2.